The van der Waals surface area contributed by atoms with Crippen LogP contribution >= 0.6 is 11.6 Å². The van der Waals surface area contributed by atoms with Crippen LogP contribution in [0.2, 0.25) is 5.02 Å². The Morgan fingerprint density at radius 3 is 2.71 bits per heavy atom. The SMILES string of the molecule is C=NNc1cc(-c2nn(C(C)c3cc(Cl)c(C)c(C(=O)NCC)c3OCC)c3ncnc(N)c23)ccc1C. The van der Waals surface area contributed by atoms with Gasteiger partial charge >= 0.3 is 0 Å². The van der Waals surface area contributed by atoms with E-state index >= 15 is 0 Å². The molecule has 0 saturated heterocycles. The van der Waals surface area contributed by atoms with Gasteiger partial charge in [0.1, 0.15) is 23.6 Å². The Bertz CT molecular complexity index is 1530. The second-order valence-corrected chi connectivity index (χ2v) is 9.20. The Hall–Kier alpha value is -4.18. The van der Waals surface area contributed by atoms with Gasteiger partial charge in [-0.1, -0.05) is 23.7 Å². The summed E-state index contributed by atoms with van der Waals surface area (Å²) >= 11 is 6.64. The molecule has 0 aliphatic carbocycles. The number of ether oxygens (including phenoxy) is 1. The molecule has 11 heteroatoms. The fraction of sp³-hybridized carbons (Fsp3) is 0.296. The Morgan fingerprint density at radius 2 is 2.03 bits per heavy atom. The number of rotatable bonds is 9. The first-order chi connectivity index (χ1) is 18.2. The maximum Gasteiger partial charge on any atom is 0.255 e. The number of hydrazone groups is 1. The number of nitrogens with two attached hydrogens (primary N) is 1. The lowest BCUT2D eigenvalue weighted by atomic mass is 9.98. The van der Waals surface area contributed by atoms with E-state index in [0.717, 1.165) is 16.8 Å². The van der Waals surface area contributed by atoms with E-state index in [0.29, 0.717) is 63.2 Å². The third-order valence-electron chi connectivity index (χ3n) is 6.40. The van der Waals surface area contributed by atoms with Gasteiger partial charge in [0.15, 0.2) is 5.65 Å². The van der Waals surface area contributed by atoms with E-state index in [1.165, 1.54) is 6.33 Å². The third kappa shape index (κ3) is 4.74. The number of nitrogens with one attached hydrogen (secondary N) is 2. The smallest absolute Gasteiger partial charge is 0.255 e. The van der Waals surface area contributed by atoms with Crippen molar-refractivity contribution in [3.8, 4) is 17.0 Å². The van der Waals surface area contributed by atoms with Crippen LogP contribution in [0.1, 0.15) is 53.9 Å². The fourth-order valence-electron chi connectivity index (χ4n) is 4.45. The topological polar surface area (TPSA) is 132 Å². The number of halogens is 1. The molecule has 0 aliphatic rings. The fourth-order valence-corrected chi connectivity index (χ4v) is 4.66. The van der Waals surface area contributed by atoms with Crippen LogP contribution in [-0.4, -0.2) is 45.5 Å². The van der Waals surface area contributed by atoms with Crippen molar-refractivity contribution in [2.45, 2.75) is 40.7 Å². The van der Waals surface area contributed by atoms with Crippen molar-refractivity contribution in [2.24, 2.45) is 5.10 Å². The predicted molar refractivity (Wildman–Crippen MR) is 152 cm³/mol. The van der Waals surface area contributed by atoms with E-state index in [4.69, 9.17) is 27.2 Å². The minimum Gasteiger partial charge on any atom is -0.493 e. The second kappa shape index (κ2) is 11.1. The average molecular weight is 535 g/mol. The van der Waals surface area contributed by atoms with Gasteiger partial charge in [-0.3, -0.25) is 10.2 Å². The molecule has 4 N–H and O–H groups in total. The number of fused-ring (bicyclic) bond motifs is 1. The molecule has 4 rings (SSSR count). The lowest BCUT2D eigenvalue weighted by Crippen LogP contribution is -2.25. The van der Waals surface area contributed by atoms with Gasteiger partial charge in [-0.05, 0) is 57.9 Å². The molecule has 10 nitrogen and oxygen atoms in total. The molecule has 0 saturated carbocycles. The predicted octanol–water partition coefficient (Wildman–Crippen LogP) is 5.13. The highest BCUT2D eigenvalue weighted by Crippen LogP contribution is 2.40. The largest absolute Gasteiger partial charge is 0.493 e. The zero-order chi connectivity index (χ0) is 27.6. The van der Waals surface area contributed by atoms with Gasteiger partial charge in [0.2, 0.25) is 0 Å². The van der Waals surface area contributed by atoms with E-state index < -0.39 is 6.04 Å². The number of nitrogen functional groups attached to an aromatic ring is 1. The van der Waals surface area contributed by atoms with Crippen LogP contribution in [0.3, 0.4) is 0 Å². The summed E-state index contributed by atoms with van der Waals surface area (Å²) in [6.07, 6.45) is 1.40. The van der Waals surface area contributed by atoms with Crippen molar-refractivity contribution in [1.29, 1.82) is 0 Å². The Morgan fingerprint density at radius 1 is 1.26 bits per heavy atom. The summed E-state index contributed by atoms with van der Waals surface area (Å²) in [6.45, 7) is 13.8. The number of carbonyl (C=O) groups excluding carboxylic acids is 1. The third-order valence-corrected chi connectivity index (χ3v) is 6.80. The first-order valence-corrected chi connectivity index (χ1v) is 12.7. The molecule has 1 unspecified atom stereocenters. The van der Waals surface area contributed by atoms with Crippen molar-refractivity contribution in [3.63, 3.8) is 0 Å². The van der Waals surface area contributed by atoms with Gasteiger partial charge in [0.05, 0.1) is 29.3 Å². The first kappa shape index (κ1) is 26.9. The highest BCUT2D eigenvalue weighted by molar-refractivity contribution is 6.32. The van der Waals surface area contributed by atoms with E-state index in [-0.39, 0.29) is 5.91 Å². The maximum atomic E-state index is 13.1. The summed E-state index contributed by atoms with van der Waals surface area (Å²) < 4.78 is 7.81. The van der Waals surface area contributed by atoms with Crippen molar-refractivity contribution < 1.29 is 9.53 Å². The molecule has 1 atom stereocenters. The summed E-state index contributed by atoms with van der Waals surface area (Å²) in [6, 6.07) is 7.23. The minimum absolute atomic E-state index is 0.252. The highest BCUT2D eigenvalue weighted by Gasteiger charge is 2.28. The number of aromatic nitrogens is 4. The summed E-state index contributed by atoms with van der Waals surface area (Å²) in [5.41, 5.74) is 14.7. The van der Waals surface area contributed by atoms with Gasteiger partial charge < -0.3 is 15.8 Å². The molecule has 0 fully saturated rings. The van der Waals surface area contributed by atoms with Crippen LogP contribution in [0.5, 0.6) is 5.75 Å². The molecule has 1 amide bonds. The molecule has 0 radical (unpaired) electrons. The molecular formula is C27H31ClN8O2. The maximum absolute atomic E-state index is 13.1. The Kier molecular flexibility index (Phi) is 7.82. The van der Waals surface area contributed by atoms with E-state index in [2.05, 4.69) is 32.5 Å². The van der Waals surface area contributed by atoms with Gasteiger partial charge in [0, 0.05) is 29.4 Å². The molecule has 0 spiro atoms. The molecule has 38 heavy (non-hydrogen) atoms. The lowest BCUT2D eigenvalue weighted by Gasteiger charge is -2.22. The number of hydrogen-bond donors (Lipinski definition) is 3. The quantitative estimate of drug-likeness (QED) is 0.200. The summed E-state index contributed by atoms with van der Waals surface area (Å²) in [7, 11) is 0. The van der Waals surface area contributed by atoms with Crippen LogP contribution in [0, 0.1) is 13.8 Å². The first-order valence-electron chi connectivity index (χ1n) is 12.3. The normalized spacial score (nSPS) is 11.8. The number of amides is 1. The van der Waals surface area contributed by atoms with Crippen LogP contribution in [-0.2, 0) is 0 Å². The molecule has 4 aromatic rings. The van der Waals surface area contributed by atoms with Gasteiger partial charge in [0.25, 0.3) is 5.91 Å². The zero-order valence-electron chi connectivity index (χ0n) is 22.1. The summed E-state index contributed by atoms with van der Waals surface area (Å²) in [5, 5.41) is 12.7. The summed E-state index contributed by atoms with van der Waals surface area (Å²) in [4.78, 5) is 21.8. The molecule has 0 bridgehead atoms. The van der Waals surface area contributed by atoms with Crippen molar-refractivity contribution >= 4 is 46.8 Å². The molecule has 198 valence electrons. The van der Waals surface area contributed by atoms with Crippen LogP contribution < -0.4 is 21.2 Å². The monoisotopic (exact) mass is 534 g/mol. The van der Waals surface area contributed by atoms with Crippen molar-refractivity contribution in [1.82, 2.24) is 25.1 Å². The number of hydrogen-bond acceptors (Lipinski definition) is 8. The van der Waals surface area contributed by atoms with E-state index in [1.54, 1.807) is 11.6 Å². The lowest BCUT2D eigenvalue weighted by molar-refractivity contribution is 0.0951. The number of carbonyl (C=O) groups is 1. The van der Waals surface area contributed by atoms with E-state index in [9.17, 15) is 4.79 Å². The van der Waals surface area contributed by atoms with Crippen LogP contribution in [0.15, 0.2) is 35.7 Å². The average Bonchev–Trinajstić information content (AvgIpc) is 3.28. The number of aryl methyl sites for hydroxylation is 1. The zero-order valence-corrected chi connectivity index (χ0v) is 22.8. The van der Waals surface area contributed by atoms with Crippen LogP contribution in [0.4, 0.5) is 11.5 Å². The van der Waals surface area contributed by atoms with Crippen molar-refractivity contribution in [2.75, 3.05) is 24.3 Å². The Balaban J connectivity index is 1.97. The number of benzene rings is 2. The van der Waals surface area contributed by atoms with Crippen molar-refractivity contribution in [3.05, 3.63) is 57.9 Å². The molecule has 2 aromatic heterocycles. The number of anilines is 2. The molecule has 0 aliphatic heterocycles. The minimum atomic E-state index is -0.425. The molecule has 2 heterocycles. The number of nitrogens with zero attached hydrogens (tertiary/aromatic N) is 5. The Labute approximate surface area is 226 Å². The summed E-state index contributed by atoms with van der Waals surface area (Å²) in [5.74, 6) is 0.506. The van der Waals surface area contributed by atoms with Gasteiger partial charge in [-0.25, -0.2) is 14.6 Å². The van der Waals surface area contributed by atoms with Crippen LogP contribution in [0.25, 0.3) is 22.3 Å². The molecular weight excluding hydrogens is 504 g/mol. The van der Waals surface area contributed by atoms with Gasteiger partial charge in [-0.2, -0.15) is 10.2 Å². The second-order valence-electron chi connectivity index (χ2n) is 8.80. The van der Waals surface area contributed by atoms with Gasteiger partial charge in [-0.15, -0.1) is 0 Å². The standard InChI is InChI=1S/C27H31ClN8O2/c1-7-31-27(37)21-15(4)19(28)12-18(24(21)38-8-2)16(5)36-26-22(25(29)32-13-33-26)23(35-36)17-10-9-14(3)20(11-17)34-30-6/h9-13,16,34H,6-8H2,1-5H3,(H,31,37)(H2,29,32,33). The highest BCUT2D eigenvalue weighted by atomic mass is 35.5. The molecule has 2 aromatic carbocycles. The van der Waals surface area contributed by atoms with E-state index in [1.807, 2.05) is 52.0 Å².